The Hall–Kier alpha value is -2.39. The van der Waals surface area contributed by atoms with Crippen molar-refractivity contribution in [1.82, 2.24) is 9.55 Å². The first kappa shape index (κ1) is 24.7. The zero-order valence-electron chi connectivity index (χ0n) is 18.3. The van der Waals surface area contributed by atoms with Crippen LogP contribution in [0.2, 0.25) is 10.0 Å². The van der Waals surface area contributed by atoms with E-state index in [1.54, 1.807) is 18.2 Å². The van der Waals surface area contributed by atoms with Crippen LogP contribution < -0.4 is 10.9 Å². The molecule has 1 N–H and O–H groups in total. The number of hydrogen-bond acceptors (Lipinski definition) is 5. The number of benzene rings is 2. The van der Waals surface area contributed by atoms with Crippen molar-refractivity contribution in [3.63, 3.8) is 0 Å². The van der Waals surface area contributed by atoms with Crippen LogP contribution in [0.4, 0.5) is 10.1 Å². The Morgan fingerprint density at radius 3 is 2.65 bits per heavy atom. The van der Waals surface area contributed by atoms with Gasteiger partial charge in [0, 0.05) is 4.88 Å². The Morgan fingerprint density at radius 1 is 1.21 bits per heavy atom. The summed E-state index contributed by atoms with van der Waals surface area (Å²) >= 11 is 14.8. The summed E-state index contributed by atoms with van der Waals surface area (Å²) in [5.74, 6) is -0.758. The Labute approximate surface area is 213 Å². The molecule has 0 atom stereocenters. The third-order valence-electron chi connectivity index (χ3n) is 5.15. The van der Waals surface area contributed by atoms with Crippen LogP contribution in [0.1, 0.15) is 23.8 Å². The van der Waals surface area contributed by atoms with Gasteiger partial charge in [0.05, 0.1) is 32.6 Å². The molecule has 0 saturated heterocycles. The molecule has 0 radical (unpaired) electrons. The van der Waals surface area contributed by atoms with E-state index >= 15 is 0 Å². The van der Waals surface area contributed by atoms with Gasteiger partial charge >= 0.3 is 0 Å². The van der Waals surface area contributed by atoms with Crippen molar-refractivity contribution in [2.75, 3.05) is 11.1 Å². The maximum atomic E-state index is 13.6. The van der Waals surface area contributed by atoms with Gasteiger partial charge in [-0.15, -0.1) is 11.3 Å². The van der Waals surface area contributed by atoms with E-state index in [1.807, 2.05) is 6.92 Å². The van der Waals surface area contributed by atoms with Crippen LogP contribution in [0, 0.1) is 12.7 Å². The lowest BCUT2D eigenvalue weighted by atomic mass is 10.1. The van der Waals surface area contributed by atoms with Gasteiger partial charge in [0.2, 0.25) is 5.91 Å². The number of fused-ring (bicyclic) bond motifs is 1. The van der Waals surface area contributed by atoms with Crippen LogP contribution in [0.25, 0.3) is 15.9 Å². The number of carbonyl (C=O) groups is 1. The number of amides is 1. The Balaban J connectivity index is 1.72. The van der Waals surface area contributed by atoms with Crippen molar-refractivity contribution >= 4 is 68.1 Å². The van der Waals surface area contributed by atoms with Crippen LogP contribution in [-0.4, -0.2) is 21.2 Å². The first-order valence-corrected chi connectivity index (χ1v) is 13.0. The molecule has 10 heteroatoms. The molecule has 2 heterocycles. The molecule has 0 aliphatic heterocycles. The van der Waals surface area contributed by atoms with E-state index in [9.17, 15) is 14.0 Å². The minimum absolute atomic E-state index is 0.0197. The molecule has 0 spiro atoms. The maximum absolute atomic E-state index is 13.6. The average molecular weight is 536 g/mol. The van der Waals surface area contributed by atoms with E-state index in [2.05, 4.69) is 12.2 Å². The quantitative estimate of drug-likeness (QED) is 0.207. The van der Waals surface area contributed by atoms with Crippen LogP contribution >= 0.6 is 46.3 Å². The summed E-state index contributed by atoms with van der Waals surface area (Å²) in [6, 6.07) is 10.6. The predicted molar refractivity (Wildman–Crippen MR) is 140 cm³/mol. The van der Waals surface area contributed by atoms with E-state index in [1.165, 1.54) is 40.2 Å². The molecular formula is C24H20Cl2FN3O2S2. The van der Waals surface area contributed by atoms with E-state index < -0.39 is 5.82 Å². The highest BCUT2D eigenvalue weighted by Gasteiger charge is 2.20. The monoisotopic (exact) mass is 535 g/mol. The Bertz CT molecular complexity index is 1440. The topological polar surface area (TPSA) is 64.0 Å². The van der Waals surface area contributed by atoms with E-state index in [-0.39, 0.29) is 22.2 Å². The normalized spacial score (nSPS) is 11.2. The van der Waals surface area contributed by atoms with Crippen molar-refractivity contribution in [1.29, 1.82) is 0 Å². The maximum Gasteiger partial charge on any atom is 0.267 e. The first-order chi connectivity index (χ1) is 16.3. The summed E-state index contributed by atoms with van der Waals surface area (Å²) in [5.41, 5.74) is 1.55. The minimum Gasteiger partial charge on any atom is -0.324 e. The summed E-state index contributed by atoms with van der Waals surface area (Å²) in [6.45, 7) is 4.01. The summed E-state index contributed by atoms with van der Waals surface area (Å²) < 4.78 is 15.0. The van der Waals surface area contributed by atoms with Crippen molar-refractivity contribution < 1.29 is 9.18 Å². The number of thioether (sulfide) groups is 1. The fourth-order valence-corrected chi connectivity index (χ4v) is 5.99. The minimum atomic E-state index is -0.408. The van der Waals surface area contributed by atoms with Crippen LogP contribution in [0.15, 0.2) is 52.4 Å². The molecule has 176 valence electrons. The Kier molecular flexibility index (Phi) is 7.62. The van der Waals surface area contributed by atoms with Gasteiger partial charge in [-0.05, 0) is 55.3 Å². The highest BCUT2D eigenvalue weighted by atomic mass is 35.5. The van der Waals surface area contributed by atoms with Crippen LogP contribution in [0.3, 0.4) is 0 Å². The molecule has 2 aromatic carbocycles. The lowest BCUT2D eigenvalue weighted by Gasteiger charge is -2.13. The lowest BCUT2D eigenvalue weighted by molar-refractivity contribution is -0.113. The zero-order chi connectivity index (χ0) is 24.4. The fourth-order valence-electron chi connectivity index (χ4n) is 3.51. The van der Waals surface area contributed by atoms with Crippen LogP contribution in [-0.2, 0) is 11.2 Å². The first-order valence-electron chi connectivity index (χ1n) is 10.5. The fraction of sp³-hybridized carbons (Fsp3) is 0.208. The summed E-state index contributed by atoms with van der Waals surface area (Å²) in [5, 5.41) is 4.22. The smallest absolute Gasteiger partial charge is 0.267 e. The van der Waals surface area contributed by atoms with Crippen molar-refractivity contribution in [2.24, 2.45) is 0 Å². The molecule has 4 aromatic rings. The number of thiophene rings is 1. The Morgan fingerprint density at radius 2 is 1.94 bits per heavy atom. The molecule has 5 nitrogen and oxygen atoms in total. The second-order valence-electron chi connectivity index (χ2n) is 7.53. The highest BCUT2D eigenvalue weighted by Crippen LogP contribution is 2.32. The summed E-state index contributed by atoms with van der Waals surface area (Å²) in [7, 11) is 0. The molecular weight excluding hydrogens is 516 g/mol. The molecule has 0 saturated carbocycles. The molecule has 2 aromatic heterocycles. The number of nitrogens with zero attached hydrogens (tertiary/aromatic N) is 2. The number of aryl methyl sites for hydroxylation is 2. The van der Waals surface area contributed by atoms with Gasteiger partial charge in [-0.25, -0.2) is 9.37 Å². The van der Waals surface area contributed by atoms with Gasteiger partial charge in [-0.2, -0.15) is 0 Å². The number of carbonyl (C=O) groups excluding carboxylic acids is 1. The largest absolute Gasteiger partial charge is 0.324 e. The van der Waals surface area contributed by atoms with Gasteiger partial charge in [-0.3, -0.25) is 14.2 Å². The second-order valence-corrected chi connectivity index (χ2v) is 10.3. The van der Waals surface area contributed by atoms with E-state index in [4.69, 9.17) is 28.2 Å². The van der Waals surface area contributed by atoms with Gasteiger partial charge < -0.3 is 5.32 Å². The highest BCUT2D eigenvalue weighted by molar-refractivity contribution is 7.99. The summed E-state index contributed by atoms with van der Waals surface area (Å²) in [4.78, 5) is 32.7. The van der Waals surface area contributed by atoms with Gasteiger partial charge in [0.1, 0.15) is 10.6 Å². The number of aromatic nitrogens is 2. The van der Waals surface area contributed by atoms with E-state index in [0.29, 0.717) is 31.8 Å². The predicted octanol–water partition coefficient (Wildman–Crippen LogP) is 6.88. The number of halogens is 3. The van der Waals surface area contributed by atoms with Crippen molar-refractivity contribution in [2.45, 2.75) is 31.8 Å². The number of hydrogen-bond donors (Lipinski definition) is 1. The third kappa shape index (κ3) is 5.00. The lowest BCUT2D eigenvalue weighted by Crippen LogP contribution is -2.23. The number of nitrogens with one attached hydrogen (secondary N) is 1. The van der Waals surface area contributed by atoms with Crippen LogP contribution in [0.5, 0.6) is 0 Å². The standard InChI is InChI=1S/C24H20Cl2FN3O2S2/c1-3-5-18-13(2)20-22(34-18)29-24(30(23(20)32)15-10-8-14(27)9-11-15)33-12-19(31)28-17-7-4-6-16(25)21(17)26/h4,6-11H,3,5,12H2,1-2H3,(H,28,31). The molecule has 34 heavy (non-hydrogen) atoms. The number of rotatable bonds is 7. The second kappa shape index (κ2) is 10.5. The SMILES string of the molecule is CCCc1sc2nc(SCC(=O)Nc3cccc(Cl)c3Cl)n(-c3ccc(F)cc3)c(=O)c2c1C. The zero-order valence-corrected chi connectivity index (χ0v) is 21.5. The van der Waals surface area contributed by atoms with Crippen molar-refractivity contribution in [3.8, 4) is 5.69 Å². The molecule has 0 aliphatic rings. The third-order valence-corrected chi connectivity index (χ3v) is 8.16. The molecule has 0 bridgehead atoms. The number of anilines is 1. The van der Waals surface area contributed by atoms with E-state index in [0.717, 1.165) is 35.0 Å². The summed E-state index contributed by atoms with van der Waals surface area (Å²) in [6.07, 6.45) is 1.81. The molecule has 0 aliphatic carbocycles. The molecule has 0 unspecified atom stereocenters. The van der Waals surface area contributed by atoms with Crippen molar-refractivity contribution in [3.05, 3.63) is 79.1 Å². The van der Waals surface area contributed by atoms with Gasteiger partial charge in [0.15, 0.2) is 5.16 Å². The molecule has 1 amide bonds. The molecule has 0 fully saturated rings. The van der Waals surface area contributed by atoms with Gasteiger partial charge in [-0.1, -0.05) is 54.4 Å². The molecule has 4 rings (SSSR count). The average Bonchev–Trinajstić information content (AvgIpc) is 3.12. The van der Waals surface area contributed by atoms with Gasteiger partial charge in [0.25, 0.3) is 5.56 Å².